The molecule has 1 aromatic carbocycles. The lowest BCUT2D eigenvalue weighted by atomic mass is 10.1. The van der Waals surface area contributed by atoms with Gasteiger partial charge in [0.2, 0.25) is 0 Å². The quantitative estimate of drug-likeness (QED) is 0.810. The molecule has 21 heavy (non-hydrogen) atoms. The highest BCUT2D eigenvalue weighted by Gasteiger charge is 2.13. The summed E-state index contributed by atoms with van der Waals surface area (Å²) < 4.78 is 18.7. The van der Waals surface area contributed by atoms with Crippen LogP contribution < -0.4 is 10.6 Å². The number of nitrogens with two attached hydrogens (primary N) is 1. The van der Waals surface area contributed by atoms with Gasteiger partial charge in [0.1, 0.15) is 11.9 Å². The largest absolute Gasteiger partial charge is 0.463 e. The third kappa shape index (κ3) is 4.72. The first-order valence-corrected chi connectivity index (χ1v) is 7.03. The Morgan fingerprint density at radius 3 is 2.86 bits per heavy atom. The van der Waals surface area contributed by atoms with Crippen LogP contribution in [0.3, 0.4) is 0 Å². The third-order valence-electron chi connectivity index (χ3n) is 3.32. The topological polar surface area (TPSA) is 58.9 Å². The number of quaternary nitrogens is 1. The van der Waals surface area contributed by atoms with Crippen LogP contribution >= 0.6 is 0 Å². The second kappa shape index (κ2) is 7.59. The van der Waals surface area contributed by atoms with Gasteiger partial charge in [-0.3, -0.25) is 4.79 Å². The zero-order valence-corrected chi connectivity index (χ0v) is 12.0. The zero-order chi connectivity index (χ0) is 15.1. The van der Waals surface area contributed by atoms with Gasteiger partial charge in [-0.2, -0.15) is 0 Å². The van der Waals surface area contributed by atoms with Crippen LogP contribution in [0.25, 0.3) is 0 Å². The van der Waals surface area contributed by atoms with Crippen LogP contribution in [0, 0.1) is 5.82 Å². The number of carbonyl (C=O) groups is 1. The maximum Gasteiger partial charge on any atom is 0.275 e. The van der Waals surface area contributed by atoms with E-state index in [0.717, 1.165) is 5.76 Å². The average Bonchev–Trinajstić information content (AvgIpc) is 3.01. The number of halogens is 1. The summed E-state index contributed by atoms with van der Waals surface area (Å²) in [4.78, 5) is 11.7. The SMILES string of the molecule is C[C@H]([NH2+]CC(=O)NCCc1ccccc1F)c1ccco1. The fourth-order valence-electron chi connectivity index (χ4n) is 2.06. The van der Waals surface area contributed by atoms with E-state index in [1.54, 1.807) is 24.5 Å². The summed E-state index contributed by atoms with van der Waals surface area (Å²) in [5, 5.41) is 4.69. The first-order valence-electron chi connectivity index (χ1n) is 7.03. The summed E-state index contributed by atoms with van der Waals surface area (Å²) in [5.74, 6) is 0.545. The lowest BCUT2D eigenvalue weighted by molar-refractivity contribution is -0.684. The molecule has 2 aromatic rings. The van der Waals surface area contributed by atoms with Crippen LogP contribution in [-0.2, 0) is 11.2 Å². The Labute approximate surface area is 123 Å². The molecular weight excluding hydrogens is 271 g/mol. The molecule has 5 heteroatoms. The molecule has 2 rings (SSSR count). The predicted molar refractivity (Wildman–Crippen MR) is 77.0 cm³/mol. The first-order chi connectivity index (χ1) is 10.2. The van der Waals surface area contributed by atoms with Gasteiger partial charge >= 0.3 is 0 Å². The number of hydrogen-bond donors (Lipinski definition) is 2. The minimum atomic E-state index is -0.232. The van der Waals surface area contributed by atoms with Crippen molar-refractivity contribution < 1.29 is 18.9 Å². The maximum atomic E-state index is 13.4. The van der Waals surface area contributed by atoms with E-state index in [1.807, 2.05) is 24.4 Å². The van der Waals surface area contributed by atoms with Crippen molar-refractivity contribution in [1.82, 2.24) is 5.32 Å². The second-order valence-corrected chi connectivity index (χ2v) is 4.94. The zero-order valence-electron chi connectivity index (χ0n) is 12.0. The number of amides is 1. The first kappa shape index (κ1) is 15.3. The molecule has 0 radical (unpaired) electrons. The Morgan fingerprint density at radius 1 is 1.33 bits per heavy atom. The van der Waals surface area contributed by atoms with Crippen molar-refractivity contribution in [2.45, 2.75) is 19.4 Å². The number of benzene rings is 1. The fraction of sp³-hybridized carbons (Fsp3) is 0.312. The Morgan fingerprint density at radius 2 is 2.14 bits per heavy atom. The summed E-state index contributed by atoms with van der Waals surface area (Å²) in [5.41, 5.74) is 0.616. The number of hydrogen-bond acceptors (Lipinski definition) is 2. The Balaban J connectivity index is 1.67. The summed E-state index contributed by atoms with van der Waals surface area (Å²) in [6, 6.07) is 10.4. The monoisotopic (exact) mass is 291 g/mol. The molecule has 0 unspecified atom stereocenters. The van der Waals surface area contributed by atoms with Crippen molar-refractivity contribution in [3.63, 3.8) is 0 Å². The molecule has 0 bridgehead atoms. The van der Waals surface area contributed by atoms with E-state index in [9.17, 15) is 9.18 Å². The standard InChI is InChI=1S/C16H19FN2O2/c1-12(15-7-4-10-21-15)19-11-16(20)18-9-8-13-5-2-3-6-14(13)17/h2-7,10,12,19H,8-9,11H2,1H3,(H,18,20)/p+1/t12-/m0/s1. The van der Waals surface area contributed by atoms with Gasteiger partial charge in [-0.05, 0) is 37.1 Å². The molecule has 1 heterocycles. The summed E-state index contributed by atoms with van der Waals surface area (Å²) >= 11 is 0. The van der Waals surface area contributed by atoms with Crippen molar-refractivity contribution in [3.8, 4) is 0 Å². The van der Waals surface area contributed by atoms with Gasteiger partial charge in [0.25, 0.3) is 5.91 Å². The maximum absolute atomic E-state index is 13.4. The van der Waals surface area contributed by atoms with Crippen molar-refractivity contribution in [3.05, 3.63) is 59.8 Å². The van der Waals surface area contributed by atoms with Gasteiger partial charge in [0.15, 0.2) is 12.3 Å². The van der Waals surface area contributed by atoms with Gasteiger partial charge in [-0.25, -0.2) is 4.39 Å². The summed E-state index contributed by atoms with van der Waals surface area (Å²) in [6.07, 6.45) is 2.11. The molecule has 0 fully saturated rings. The molecule has 4 nitrogen and oxygen atoms in total. The van der Waals surface area contributed by atoms with Gasteiger partial charge in [-0.1, -0.05) is 18.2 Å². The Hall–Kier alpha value is -2.14. The van der Waals surface area contributed by atoms with Crippen LogP contribution in [0.1, 0.15) is 24.3 Å². The molecule has 0 saturated carbocycles. The highest BCUT2D eigenvalue weighted by atomic mass is 19.1. The van der Waals surface area contributed by atoms with Crippen LogP contribution in [0.15, 0.2) is 47.1 Å². The van der Waals surface area contributed by atoms with Crippen LogP contribution in [0.4, 0.5) is 4.39 Å². The molecule has 0 aliphatic rings. The van der Waals surface area contributed by atoms with Gasteiger partial charge in [-0.15, -0.1) is 0 Å². The molecule has 0 aliphatic heterocycles. The van der Waals surface area contributed by atoms with E-state index in [4.69, 9.17) is 4.42 Å². The highest BCUT2D eigenvalue weighted by molar-refractivity contribution is 5.76. The minimum Gasteiger partial charge on any atom is -0.463 e. The number of furan rings is 1. The van der Waals surface area contributed by atoms with Crippen molar-refractivity contribution in [2.24, 2.45) is 0 Å². The van der Waals surface area contributed by atoms with Crippen LogP contribution in [0.2, 0.25) is 0 Å². The lowest BCUT2D eigenvalue weighted by Crippen LogP contribution is -2.87. The average molecular weight is 291 g/mol. The van der Waals surface area contributed by atoms with E-state index < -0.39 is 0 Å². The van der Waals surface area contributed by atoms with E-state index in [0.29, 0.717) is 25.1 Å². The van der Waals surface area contributed by atoms with Crippen molar-refractivity contribution in [2.75, 3.05) is 13.1 Å². The number of rotatable bonds is 7. The molecule has 1 aromatic heterocycles. The van der Waals surface area contributed by atoms with E-state index >= 15 is 0 Å². The second-order valence-electron chi connectivity index (χ2n) is 4.94. The normalized spacial score (nSPS) is 12.1. The molecule has 1 amide bonds. The molecule has 0 aliphatic carbocycles. The van der Waals surface area contributed by atoms with Gasteiger partial charge in [0, 0.05) is 6.54 Å². The summed E-state index contributed by atoms with van der Waals surface area (Å²) in [6.45, 7) is 2.73. The van der Waals surface area contributed by atoms with Crippen molar-refractivity contribution >= 4 is 5.91 Å². The molecule has 112 valence electrons. The highest BCUT2D eigenvalue weighted by Crippen LogP contribution is 2.07. The molecule has 1 atom stereocenters. The number of carbonyl (C=O) groups excluding carboxylic acids is 1. The molecule has 3 N–H and O–H groups in total. The number of nitrogens with one attached hydrogen (secondary N) is 1. The van der Waals surface area contributed by atoms with Gasteiger partial charge in [0.05, 0.1) is 6.26 Å². The van der Waals surface area contributed by atoms with Crippen LogP contribution in [0.5, 0.6) is 0 Å². The Kier molecular flexibility index (Phi) is 5.51. The van der Waals surface area contributed by atoms with E-state index in [2.05, 4.69) is 5.32 Å². The van der Waals surface area contributed by atoms with Gasteiger partial charge < -0.3 is 15.1 Å². The Bertz CT molecular complexity index is 569. The van der Waals surface area contributed by atoms with E-state index in [1.165, 1.54) is 6.07 Å². The molecule has 0 saturated heterocycles. The van der Waals surface area contributed by atoms with E-state index in [-0.39, 0.29) is 17.8 Å². The molecule has 0 spiro atoms. The fourth-order valence-corrected chi connectivity index (χ4v) is 2.06. The minimum absolute atomic E-state index is 0.0651. The predicted octanol–water partition coefficient (Wildman–Crippen LogP) is 1.40. The smallest absolute Gasteiger partial charge is 0.275 e. The third-order valence-corrected chi connectivity index (χ3v) is 3.32. The molecular formula is C16H20FN2O2+. The van der Waals surface area contributed by atoms with Crippen molar-refractivity contribution in [1.29, 1.82) is 0 Å². The van der Waals surface area contributed by atoms with Crippen LogP contribution in [-0.4, -0.2) is 19.0 Å². The lowest BCUT2D eigenvalue weighted by Gasteiger charge is -2.09. The summed E-state index contributed by atoms with van der Waals surface area (Å²) in [7, 11) is 0.